The van der Waals surface area contributed by atoms with Crippen LogP contribution >= 0.6 is 23.6 Å². The third-order valence-corrected chi connectivity index (χ3v) is 1.12. The highest BCUT2D eigenvalue weighted by Crippen LogP contribution is 2.02. The van der Waals surface area contributed by atoms with Crippen molar-refractivity contribution in [1.82, 2.24) is 3.94 Å². The van der Waals surface area contributed by atoms with Crippen molar-refractivity contribution in [2.75, 3.05) is 0 Å². The summed E-state index contributed by atoms with van der Waals surface area (Å²) in [6, 6.07) is -0.414. The third-order valence-electron chi connectivity index (χ3n) is 0.505. The van der Waals surface area contributed by atoms with Gasteiger partial charge >= 0.3 is 0 Å². The minimum Gasteiger partial charge on any atom is -0.302 e. The van der Waals surface area contributed by atoms with Gasteiger partial charge < -0.3 is 4.79 Å². The Morgan fingerprint density at radius 1 is 1.71 bits per heavy atom. The van der Waals surface area contributed by atoms with Crippen molar-refractivity contribution in [2.24, 2.45) is 0 Å². The molecule has 7 heavy (non-hydrogen) atoms. The zero-order chi connectivity index (χ0) is 5.86. The molecule has 0 aliphatic rings. The molecule has 4 heteroatoms. The maximum atomic E-state index is 9.74. The molecule has 0 saturated heterocycles. The Bertz CT molecular complexity index is 66.0. The van der Waals surface area contributed by atoms with Crippen LogP contribution in [0, 0.1) is 0 Å². The van der Waals surface area contributed by atoms with Crippen molar-refractivity contribution >= 4 is 29.8 Å². The second kappa shape index (κ2) is 3.24. The van der Waals surface area contributed by atoms with E-state index in [2.05, 4.69) is 0 Å². The van der Waals surface area contributed by atoms with Gasteiger partial charge in [-0.25, -0.2) is 0 Å². The van der Waals surface area contributed by atoms with Crippen LogP contribution in [-0.4, -0.2) is 16.3 Å². The summed E-state index contributed by atoms with van der Waals surface area (Å²) in [7, 11) is 0. The molecule has 1 atom stereocenters. The highest BCUT2D eigenvalue weighted by Gasteiger charge is 2.03. The third kappa shape index (κ3) is 2.85. The maximum absolute atomic E-state index is 9.74. The molecule has 0 aliphatic carbocycles. The standard InChI is InChI=1S/C3H5Cl2NO/c1-3(2-7)6(4)5/h2-3H,1H3. The van der Waals surface area contributed by atoms with Crippen LogP contribution in [0.2, 0.25) is 0 Å². The Kier molecular flexibility index (Phi) is 3.34. The predicted molar refractivity (Wildman–Crippen MR) is 29.1 cm³/mol. The van der Waals surface area contributed by atoms with Crippen molar-refractivity contribution in [3.8, 4) is 0 Å². The largest absolute Gasteiger partial charge is 0.302 e. The molecule has 0 aromatic rings. The van der Waals surface area contributed by atoms with E-state index in [4.69, 9.17) is 23.6 Å². The molecule has 42 valence electrons. The first-order valence-electron chi connectivity index (χ1n) is 1.74. The van der Waals surface area contributed by atoms with Gasteiger partial charge in [-0.05, 0) is 30.5 Å². The van der Waals surface area contributed by atoms with Crippen LogP contribution < -0.4 is 0 Å². The van der Waals surface area contributed by atoms with Crippen molar-refractivity contribution in [3.63, 3.8) is 0 Å². The molecule has 0 rings (SSSR count). The SMILES string of the molecule is CC(C=O)N(Cl)Cl. The topological polar surface area (TPSA) is 20.3 Å². The fourth-order valence-corrected chi connectivity index (χ4v) is 0.138. The van der Waals surface area contributed by atoms with E-state index in [1.165, 1.54) is 0 Å². The van der Waals surface area contributed by atoms with E-state index in [-0.39, 0.29) is 0 Å². The molecule has 0 aliphatic heterocycles. The van der Waals surface area contributed by atoms with Crippen molar-refractivity contribution in [3.05, 3.63) is 0 Å². The van der Waals surface area contributed by atoms with E-state index in [1.54, 1.807) is 6.92 Å². The summed E-state index contributed by atoms with van der Waals surface area (Å²) in [6.45, 7) is 1.59. The zero-order valence-corrected chi connectivity index (χ0v) is 5.28. The highest BCUT2D eigenvalue weighted by molar-refractivity contribution is 6.34. The Labute approximate surface area is 52.2 Å². The monoisotopic (exact) mass is 141 g/mol. The molecule has 0 radical (unpaired) electrons. The lowest BCUT2D eigenvalue weighted by Gasteiger charge is -2.03. The Balaban J connectivity index is 3.33. The lowest BCUT2D eigenvalue weighted by molar-refractivity contribution is -0.109. The molecule has 0 amide bonds. The number of hydrogen-bond acceptors (Lipinski definition) is 2. The summed E-state index contributed by atoms with van der Waals surface area (Å²) in [6.07, 6.45) is 0.653. The van der Waals surface area contributed by atoms with Gasteiger partial charge in [0, 0.05) is 0 Å². The number of halogens is 2. The quantitative estimate of drug-likeness (QED) is 0.426. The zero-order valence-electron chi connectivity index (χ0n) is 3.77. The Morgan fingerprint density at radius 2 is 2.14 bits per heavy atom. The van der Waals surface area contributed by atoms with E-state index in [9.17, 15) is 4.79 Å². The van der Waals surface area contributed by atoms with Gasteiger partial charge in [0.15, 0.2) is 0 Å². The molecule has 0 saturated carbocycles. The van der Waals surface area contributed by atoms with E-state index in [0.29, 0.717) is 6.29 Å². The molecule has 0 fully saturated rings. The van der Waals surface area contributed by atoms with Gasteiger partial charge in [0.05, 0.1) is 6.04 Å². The smallest absolute Gasteiger partial charge is 0.139 e. The fraction of sp³-hybridized carbons (Fsp3) is 0.667. The van der Waals surface area contributed by atoms with Crippen LogP contribution in [0.4, 0.5) is 0 Å². The van der Waals surface area contributed by atoms with Crippen molar-refractivity contribution in [2.45, 2.75) is 13.0 Å². The molecule has 0 heterocycles. The molecule has 0 aromatic heterocycles. The number of carbonyl (C=O) groups is 1. The molecule has 2 nitrogen and oxygen atoms in total. The molecular weight excluding hydrogens is 137 g/mol. The van der Waals surface area contributed by atoms with Gasteiger partial charge in [-0.1, -0.05) is 0 Å². The van der Waals surface area contributed by atoms with E-state index in [0.717, 1.165) is 3.94 Å². The summed E-state index contributed by atoms with van der Waals surface area (Å²) in [5.41, 5.74) is 0. The molecule has 1 unspecified atom stereocenters. The summed E-state index contributed by atoms with van der Waals surface area (Å²) in [4.78, 5) is 9.74. The van der Waals surface area contributed by atoms with E-state index >= 15 is 0 Å². The van der Waals surface area contributed by atoms with Gasteiger partial charge in [0.25, 0.3) is 0 Å². The number of hydrogen-bond donors (Lipinski definition) is 0. The average molecular weight is 142 g/mol. The number of nitrogens with zero attached hydrogens (tertiary/aromatic N) is 1. The van der Waals surface area contributed by atoms with Crippen LogP contribution in [0.5, 0.6) is 0 Å². The van der Waals surface area contributed by atoms with Gasteiger partial charge in [-0.3, -0.25) is 0 Å². The molecular formula is C3H5Cl2NO. The van der Waals surface area contributed by atoms with Crippen LogP contribution in [0.1, 0.15) is 6.92 Å². The highest BCUT2D eigenvalue weighted by atomic mass is 35.5. The lowest BCUT2D eigenvalue weighted by Crippen LogP contribution is -2.15. The fourth-order valence-electron chi connectivity index (χ4n) is 0.0460. The first-order chi connectivity index (χ1) is 3.18. The van der Waals surface area contributed by atoms with Gasteiger partial charge in [0.2, 0.25) is 0 Å². The predicted octanol–water partition coefficient (Wildman–Crippen LogP) is 1.18. The molecule has 0 N–H and O–H groups in total. The number of aldehydes is 1. The number of rotatable bonds is 2. The molecule has 0 spiro atoms. The van der Waals surface area contributed by atoms with Gasteiger partial charge in [-0.15, -0.1) is 3.94 Å². The van der Waals surface area contributed by atoms with Crippen molar-refractivity contribution < 1.29 is 4.79 Å². The summed E-state index contributed by atoms with van der Waals surface area (Å²) in [5.74, 6) is 0. The Hall–Kier alpha value is 0.210. The van der Waals surface area contributed by atoms with E-state index in [1.807, 2.05) is 0 Å². The molecule has 0 bridgehead atoms. The van der Waals surface area contributed by atoms with Gasteiger partial charge in [0.1, 0.15) is 6.29 Å². The lowest BCUT2D eigenvalue weighted by atomic mass is 10.4. The summed E-state index contributed by atoms with van der Waals surface area (Å²) >= 11 is 10.2. The second-order valence-corrected chi connectivity index (χ2v) is 2.04. The first kappa shape index (κ1) is 7.21. The normalized spacial score (nSPS) is 14.3. The van der Waals surface area contributed by atoms with Crippen LogP contribution in [-0.2, 0) is 4.79 Å². The average Bonchev–Trinajstić information content (AvgIpc) is 1.65. The molecule has 0 aromatic carbocycles. The van der Waals surface area contributed by atoms with Crippen LogP contribution in [0.15, 0.2) is 0 Å². The second-order valence-electron chi connectivity index (χ2n) is 1.14. The minimum atomic E-state index is -0.414. The minimum absolute atomic E-state index is 0.414. The van der Waals surface area contributed by atoms with E-state index < -0.39 is 6.04 Å². The van der Waals surface area contributed by atoms with Crippen molar-refractivity contribution in [1.29, 1.82) is 0 Å². The Morgan fingerprint density at radius 3 is 2.14 bits per heavy atom. The summed E-state index contributed by atoms with van der Waals surface area (Å²) < 4.78 is 0.799. The number of carbonyl (C=O) groups excluding carboxylic acids is 1. The van der Waals surface area contributed by atoms with Crippen LogP contribution in [0.3, 0.4) is 0 Å². The summed E-state index contributed by atoms with van der Waals surface area (Å²) in [5, 5.41) is 0. The van der Waals surface area contributed by atoms with Crippen LogP contribution in [0.25, 0.3) is 0 Å². The van der Waals surface area contributed by atoms with Gasteiger partial charge in [-0.2, -0.15) is 0 Å². The maximum Gasteiger partial charge on any atom is 0.139 e. The first-order valence-corrected chi connectivity index (χ1v) is 2.42.